The smallest absolute Gasteiger partial charge is 0.241 e. The normalized spacial score (nSPS) is 18.1. The number of hydrogen-bond donors (Lipinski definition) is 2. The zero-order chi connectivity index (χ0) is 15.7. The van der Waals surface area contributed by atoms with Gasteiger partial charge < -0.3 is 5.73 Å². The highest BCUT2D eigenvalue weighted by Crippen LogP contribution is 2.37. The van der Waals surface area contributed by atoms with Crippen LogP contribution in [0.5, 0.6) is 0 Å². The molecule has 0 bridgehead atoms. The molecule has 0 heterocycles. The molecule has 1 aromatic carbocycles. The molecule has 0 amide bonds. The summed E-state index contributed by atoms with van der Waals surface area (Å²) in [5.74, 6) is 0. The highest BCUT2D eigenvalue weighted by molar-refractivity contribution is 9.10. The van der Waals surface area contributed by atoms with Gasteiger partial charge in [-0.1, -0.05) is 25.8 Å². The third-order valence-corrected chi connectivity index (χ3v) is 7.05. The fourth-order valence-electron chi connectivity index (χ4n) is 2.87. The maximum Gasteiger partial charge on any atom is 0.241 e. The van der Waals surface area contributed by atoms with Crippen LogP contribution in [0.15, 0.2) is 21.5 Å². The maximum absolute atomic E-state index is 12.6. The Morgan fingerprint density at radius 2 is 1.95 bits per heavy atom. The fourth-order valence-corrected chi connectivity index (χ4v) is 5.14. The van der Waals surface area contributed by atoms with Crippen LogP contribution in [0.25, 0.3) is 0 Å². The summed E-state index contributed by atoms with van der Waals surface area (Å²) in [6.45, 7) is 4.85. The first-order valence-electron chi connectivity index (χ1n) is 7.26. The van der Waals surface area contributed by atoms with Gasteiger partial charge in [0, 0.05) is 17.6 Å². The van der Waals surface area contributed by atoms with Crippen LogP contribution in [0.4, 0.5) is 0 Å². The van der Waals surface area contributed by atoms with Crippen LogP contribution in [0, 0.1) is 12.3 Å². The van der Waals surface area contributed by atoms with Crippen molar-refractivity contribution in [1.82, 2.24) is 4.72 Å². The van der Waals surface area contributed by atoms with Crippen molar-refractivity contribution in [2.75, 3.05) is 6.54 Å². The molecule has 1 aliphatic carbocycles. The molecule has 6 heteroatoms. The average Bonchev–Trinajstić information content (AvgIpc) is 2.87. The van der Waals surface area contributed by atoms with Crippen molar-refractivity contribution in [3.05, 3.63) is 27.7 Å². The molecule has 2 rings (SSSR count). The molecular formula is C15H23BrN2O2S. The van der Waals surface area contributed by atoms with Gasteiger partial charge in [0.2, 0.25) is 10.0 Å². The van der Waals surface area contributed by atoms with Crippen molar-refractivity contribution in [1.29, 1.82) is 0 Å². The molecule has 3 N–H and O–H groups in total. The zero-order valence-corrected chi connectivity index (χ0v) is 15.0. The first-order chi connectivity index (χ1) is 9.77. The SMILES string of the molecule is Cc1cc(CN)cc(S(=O)(=O)NCC2(C)CCCC2)c1Br. The van der Waals surface area contributed by atoms with E-state index in [2.05, 4.69) is 27.6 Å². The number of aryl methyl sites for hydroxylation is 1. The first-order valence-corrected chi connectivity index (χ1v) is 9.54. The minimum Gasteiger partial charge on any atom is -0.326 e. The zero-order valence-electron chi connectivity index (χ0n) is 12.6. The van der Waals surface area contributed by atoms with Gasteiger partial charge in [0.25, 0.3) is 0 Å². The molecular weight excluding hydrogens is 352 g/mol. The predicted molar refractivity (Wildman–Crippen MR) is 88.5 cm³/mol. The molecule has 0 spiro atoms. The lowest BCUT2D eigenvalue weighted by Crippen LogP contribution is -2.34. The highest BCUT2D eigenvalue weighted by atomic mass is 79.9. The monoisotopic (exact) mass is 374 g/mol. The number of benzene rings is 1. The Balaban J connectivity index is 2.25. The minimum absolute atomic E-state index is 0.0834. The summed E-state index contributed by atoms with van der Waals surface area (Å²) in [6, 6.07) is 3.55. The lowest BCUT2D eigenvalue weighted by atomic mass is 9.89. The largest absolute Gasteiger partial charge is 0.326 e. The molecule has 0 radical (unpaired) electrons. The minimum atomic E-state index is -3.52. The average molecular weight is 375 g/mol. The van der Waals surface area contributed by atoms with Gasteiger partial charge in [-0.3, -0.25) is 0 Å². The quantitative estimate of drug-likeness (QED) is 0.831. The van der Waals surface area contributed by atoms with Gasteiger partial charge in [0.1, 0.15) is 0 Å². The Hall–Kier alpha value is -0.430. The van der Waals surface area contributed by atoms with E-state index in [1.54, 1.807) is 6.07 Å². The number of sulfonamides is 1. The Morgan fingerprint density at radius 1 is 1.33 bits per heavy atom. The van der Waals surface area contributed by atoms with Gasteiger partial charge in [-0.25, -0.2) is 13.1 Å². The Labute approximate surface area is 135 Å². The van der Waals surface area contributed by atoms with Crippen molar-refractivity contribution in [2.24, 2.45) is 11.1 Å². The molecule has 1 aromatic rings. The number of rotatable bonds is 5. The van der Waals surface area contributed by atoms with Crippen LogP contribution in [0.2, 0.25) is 0 Å². The topological polar surface area (TPSA) is 72.2 Å². The van der Waals surface area contributed by atoms with Gasteiger partial charge in [-0.05, 0) is 58.3 Å². The van der Waals surface area contributed by atoms with Crippen LogP contribution < -0.4 is 10.5 Å². The highest BCUT2D eigenvalue weighted by Gasteiger charge is 2.31. The summed E-state index contributed by atoms with van der Waals surface area (Å²) in [5.41, 5.74) is 7.43. The van der Waals surface area contributed by atoms with Crippen molar-refractivity contribution in [2.45, 2.75) is 51.0 Å². The molecule has 0 aliphatic heterocycles. The molecule has 1 saturated carbocycles. The fraction of sp³-hybridized carbons (Fsp3) is 0.600. The summed E-state index contributed by atoms with van der Waals surface area (Å²) in [6.07, 6.45) is 4.53. The van der Waals surface area contributed by atoms with E-state index >= 15 is 0 Å². The van der Waals surface area contributed by atoms with E-state index in [-0.39, 0.29) is 10.3 Å². The van der Waals surface area contributed by atoms with E-state index in [9.17, 15) is 8.42 Å². The second-order valence-electron chi connectivity index (χ2n) is 6.27. The predicted octanol–water partition coefficient (Wildman–Crippen LogP) is 3.07. The molecule has 0 unspecified atom stereocenters. The van der Waals surface area contributed by atoms with E-state index in [4.69, 9.17) is 5.73 Å². The van der Waals surface area contributed by atoms with Crippen molar-refractivity contribution in [3.63, 3.8) is 0 Å². The summed E-state index contributed by atoms with van der Waals surface area (Å²) < 4.78 is 28.6. The number of halogens is 1. The molecule has 0 aromatic heterocycles. The Morgan fingerprint density at radius 3 is 2.52 bits per heavy atom. The second-order valence-corrected chi connectivity index (χ2v) is 8.80. The molecule has 1 fully saturated rings. The third-order valence-electron chi connectivity index (χ3n) is 4.31. The lowest BCUT2D eigenvalue weighted by molar-refractivity contribution is 0.336. The molecule has 21 heavy (non-hydrogen) atoms. The molecule has 0 saturated heterocycles. The van der Waals surface area contributed by atoms with Gasteiger partial charge in [-0.15, -0.1) is 0 Å². The summed E-state index contributed by atoms with van der Waals surface area (Å²) in [5, 5.41) is 0. The maximum atomic E-state index is 12.6. The van der Waals surface area contributed by atoms with Gasteiger partial charge >= 0.3 is 0 Å². The second kappa shape index (κ2) is 6.36. The number of nitrogens with two attached hydrogens (primary N) is 1. The summed E-state index contributed by atoms with van der Waals surface area (Å²) >= 11 is 3.39. The van der Waals surface area contributed by atoms with Crippen LogP contribution >= 0.6 is 15.9 Å². The Kier molecular flexibility index (Phi) is 5.13. The van der Waals surface area contributed by atoms with Crippen LogP contribution in [0.3, 0.4) is 0 Å². The van der Waals surface area contributed by atoms with E-state index < -0.39 is 10.0 Å². The molecule has 1 aliphatic rings. The van der Waals surface area contributed by atoms with Crippen LogP contribution in [0.1, 0.15) is 43.7 Å². The molecule has 0 atom stereocenters. The first kappa shape index (κ1) is 16.9. The van der Waals surface area contributed by atoms with Crippen molar-refractivity contribution < 1.29 is 8.42 Å². The summed E-state index contributed by atoms with van der Waals surface area (Å²) in [4.78, 5) is 0.282. The standard InChI is InChI=1S/C15H23BrN2O2S/c1-11-7-12(9-17)8-13(14(11)16)21(19,20)18-10-15(2)5-3-4-6-15/h7-8,18H,3-6,9-10,17H2,1-2H3. The third kappa shape index (κ3) is 3.86. The molecule has 118 valence electrons. The summed E-state index contributed by atoms with van der Waals surface area (Å²) in [7, 11) is -3.52. The van der Waals surface area contributed by atoms with Crippen molar-refractivity contribution in [3.8, 4) is 0 Å². The van der Waals surface area contributed by atoms with Crippen LogP contribution in [-0.4, -0.2) is 15.0 Å². The van der Waals surface area contributed by atoms with Gasteiger partial charge in [0.15, 0.2) is 0 Å². The van der Waals surface area contributed by atoms with Crippen molar-refractivity contribution >= 4 is 26.0 Å². The van der Waals surface area contributed by atoms with E-state index in [1.165, 1.54) is 12.8 Å². The van der Waals surface area contributed by atoms with Crippen LogP contribution in [-0.2, 0) is 16.6 Å². The Bertz CT molecular complexity index is 623. The molecule has 4 nitrogen and oxygen atoms in total. The van der Waals surface area contributed by atoms with E-state index in [0.29, 0.717) is 17.6 Å². The number of nitrogens with one attached hydrogen (secondary N) is 1. The van der Waals surface area contributed by atoms with Gasteiger partial charge in [0.05, 0.1) is 4.90 Å². The van der Waals surface area contributed by atoms with E-state index in [1.807, 2.05) is 13.0 Å². The number of hydrogen-bond acceptors (Lipinski definition) is 3. The van der Waals surface area contributed by atoms with E-state index in [0.717, 1.165) is 24.0 Å². The van der Waals surface area contributed by atoms with Gasteiger partial charge in [-0.2, -0.15) is 0 Å². The lowest BCUT2D eigenvalue weighted by Gasteiger charge is -2.24.